The van der Waals surface area contributed by atoms with Crippen LogP contribution in [0.4, 0.5) is 0 Å². The molecule has 0 bridgehead atoms. The molecule has 0 aromatic carbocycles. The molecule has 0 nitrogen and oxygen atoms in total. The van der Waals surface area contributed by atoms with Gasteiger partial charge in [0.05, 0.1) is 16.1 Å². The maximum absolute atomic E-state index is 2.64. The highest BCUT2D eigenvalue weighted by atomic mass is 28.3. The van der Waals surface area contributed by atoms with Gasteiger partial charge in [0.1, 0.15) is 0 Å². The molecule has 2 fully saturated rings. The van der Waals surface area contributed by atoms with Crippen molar-refractivity contribution in [2.75, 3.05) is 0 Å². The third-order valence-corrected chi connectivity index (χ3v) is 15.3. The highest BCUT2D eigenvalue weighted by Gasteiger charge is 2.49. The second kappa shape index (κ2) is 8.36. The summed E-state index contributed by atoms with van der Waals surface area (Å²) in [5.74, 6) is 3.92. The average Bonchev–Trinajstić information content (AvgIpc) is 3.09. The van der Waals surface area contributed by atoms with Crippen molar-refractivity contribution in [3.8, 4) is 0 Å². The summed E-state index contributed by atoms with van der Waals surface area (Å²) in [4.78, 5) is 0. The molecular formula is C28H50Si2. The van der Waals surface area contributed by atoms with Gasteiger partial charge < -0.3 is 0 Å². The van der Waals surface area contributed by atoms with Crippen LogP contribution < -0.4 is 0 Å². The van der Waals surface area contributed by atoms with Gasteiger partial charge in [-0.3, -0.25) is 0 Å². The lowest BCUT2D eigenvalue weighted by atomic mass is 9.75. The molecule has 4 aliphatic carbocycles. The van der Waals surface area contributed by atoms with Crippen LogP contribution >= 0.6 is 0 Å². The Morgan fingerprint density at radius 2 is 0.900 bits per heavy atom. The Balaban J connectivity index is 1.59. The number of fused-ring (bicyclic) bond motifs is 2. The van der Waals surface area contributed by atoms with Gasteiger partial charge in [0.15, 0.2) is 0 Å². The number of hydrogen-bond donors (Lipinski definition) is 0. The molecule has 0 heterocycles. The Hall–Kier alpha value is -0.0862. The van der Waals surface area contributed by atoms with E-state index < -0.39 is 16.1 Å². The zero-order valence-corrected chi connectivity index (χ0v) is 23.5. The summed E-state index contributed by atoms with van der Waals surface area (Å²) in [7, 11) is -2.28. The van der Waals surface area contributed by atoms with Crippen molar-refractivity contribution in [1.29, 1.82) is 0 Å². The Bertz CT molecular complexity index is 652. The number of allylic oxidation sites excluding steroid dienone is 4. The van der Waals surface area contributed by atoms with Crippen molar-refractivity contribution in [1.82, 2.24) is 0 Å². The van der Waals surface area contributed by atoms with E-state index >= 15 is 0 Å². The Kier molecular flexibility index (Phi) is 6.43. The van der Waals surface area contributed by atoms with Gasteiger partial charge in [-0.05, 0) is 87.1 Å². The summed E-state index contributed by atoms with van der Waals surface area (Å²) in [5.41, 5.74) is 9.60. The number of rotatable bonds is 5. The van der Waals surface area contributed by atoms with Gasteiger partial charge in [-0.15, -0.1) is 0 Å². The van der Waals surface area contributed by atoms with Gasteiger partial charge in [0.2, 0.25) is 0 Å². The molecule has 0 aliphatic heterocycles. The van der Waals surface area contributed by atoms with Crippen molar-refractivity contribution in [2.45, 2.75) is 128 Å². The second-order valence-corrected chi connectivity index (χ2v) is 24.4. The van der Waals surface area contributed by atoms with Gasteiger partial charge in [0, 0.05) is 0 Å². The van der Waals surface area contributed by atoms with Crippen molar-refractivity contribution < 1.29 is 0 Å². The summed E-state index contributed by atoms with van der Waals surface area (Å²) in [6.07, 6.45) is 14.8. The Morgan fingerprint density at radius 3 is 1.23 bits per heavy atom. The summed E-state index contributed by atoms with van der Waals surface area (Å²) in [5, 5.41) is 0. The van der Waals surface area contributed by atoms with E-state index in [1.807, 2.05) is 22.3 Å². The summed E-state index contributed by atoms with van der Waals surface area (Å²) >= 11 is 0. The fourth-order valence-corrected chi connectivity index (χ4v) is 15.6. The van der Waals surface area contributed by atoms with Crippen LogP contribution in [0.2, 0.25) is 50.4 Å². The molecule has 170 valence electrons. The minimum atomic E-state index is -1.14. The highest BCUT2D eigenvalue weighted by molar-refractivity contribution is 6.78. The van der Waals surface area contributed by atoms with Crippen LogP contribution in [0.5, 0.6) is 0 Å². The van der Waals surface area contributed by atoms with E-state index in [0.29, 0.717) is 0 Å². The molecule has 6 atom stereocenters. The molecule has 30 heavy (non-hydrogen) atoms. The van der Waals surface area contributed by atoms with Crippen molar-refractivity contribution in [2.24, 2.45) is 23.7 Å². The molecule has 0 saturated heterocycles. The molecule has 2 heteroatoms. The quantitative estimate of drug-likeness (QED) is 0.294. The van der Waals surface area contributed by atoms with Crippen molar-refractivity contribution >= 4 is 16.1 Å². The summed E-state index contributed by atoms with van der Waals surface area (Å²) < 4.78 is 0. The third-order valence-electron chi connectivity index (χ3n) is 9.87. The van der Waals surface area contributed by atoms with E-state index in [-0.39, 0.29) is 0 Å². The van der Waals surface area contributed by atoms with Gasteiger partial charge in [0.25, 0.3) is 0 Å². The molecule has 0 aromatic rings. The Labute approximate surface area is 190 Å². The standard InChI is InChI=1S/C28H50Si2/c1-19-21(23-13-9-11-15-25(23)27(19)29(3,4)5)17-18-22-20(2)28(30(6,7)8)26-16-12-10-14-24(22)26/h23-28H,9-18H2,1-8H3. The molecule has 0 spiro atoms. The van der Waals surface area contributed by atoms with Gasteiger partial charge in [-0.25, -0.2) is 0 Å². The minimum Gasteiger partial charge on any atom is -0.0731 e. The van der Waals surface area contributed by atoms with Gasteiger partial charge >= 0.3 is 0 Å². The zero-order chi connectivity index (χ0) is 21.8. The maximum Gasteiger partial charge on any atom is 0.0521 e. The van der Waals surface area contributed by atoms with E-state index in [1.165, 1.54) is 64.2 Å². The molecular weight excluding hydrogens is 392 g/mol. The van der Waals surface area contributed by atoms with E-state index in [4.69, 9.17) is 0 Å². The predicted molar refractivity (Wildman–Crippen MR) is 140 cm³/mol. The first kappa shape index (κ1) is 23.1. The fraction of sp³-hybridized carbons (Fsp3) is 0.857. The van der Waals surface area contributed by atoms with Crippen LogP contribution in [0.25, 0.3) is 0 Å². The van der Waals surface area contributed by atoms with E-state index in [1.54, 1.807) is 0 Å². The normalized spacial score (nSPS) is 37.6. The lowest BCUT2D eigenvalue weighted by molar-refractivity contribution is 0.280. The largest absolute Gasteiger partial charge is 0.0731 e. The third kappa shape index (κ3) is 4.02. The van der Waals surface area contributed by atoms with Crippen LogP contribution in [0.3, 0.4) is 0 Å². The first-order chi connectivity index (χ1) is 14.0. The van der Waals surface area contributed by atoms with Crippen molar-refractivity contribution in [3.05, 3.63) is 22.3 Å². The van der Waals surface area contributed by atoms with Crippen LogP contribution in [0, 0.1) is 23.7 Å². The summed E-state index contributed by atoms with van der Waals surface area (Å²) in [6.45, 7) is 21.0. The molecule has 2 saturated carbocycles. The Morgan fingerprint density at radius 1 is 0.567 bits per heavy atom. The minimum absolute atomic E-state index is 0.952. The molecule has 0 radical (unpaired) electrons. The van der Waals surface area contributed by atoms with Crippen LogP contribution in [0.15, 0.2) is 22.3 Å². The highest BCUT2D eigenvalue weighted by Crippen LogP contribution is 2.59. The summed E-state index contributed by atoms with van der Waals surface area (Å²) in [6, 6.07) is 0. The van der Waals surface area contributed by atoms with Crippen LogP contribution in [0.1, 0.15) is 78.1 Å². The molecule has 4 aliphatic rings. The lowest BCUT2D eigenvalue weighted by Gasteiger charge is -2.37. The smallest absolute Gasteiger partial charge is 0.0521 e. The lowest BCUT2D eigenvalue weighted by Crippen LogP contribution is -2.34. The molecule has 0 aromatic heterocycles. The zero-order valence-electron chi connectivity index (χ0n) is 21.5. The molecule has 0 N–H and O–H groups in total. The first-order valence-corrected chi connectivity index (χ1v) is 20.6. The van der Waals surface area contributed by atoms with Gasteiger partial charge in [-0.2, -0.15) is 0 Å². The fourth-order valence-electron chi connectivity index (χ4n) is 9.23. The van der Waals surface area contributed by atoms with Gasteiger partial charge in [-0.1, -0.05) is 87.3 Å². The maximum atomic E-state index is 2.64. The number of hydrogen-bond acceptors (Lipinski definition) is 0. The molecule has 6 unspecified atom stereocenters. The van der Waals surface area contributed by atoms with E-state index in [9.17, 15) is 0 Å². The van der Waals surface area contributed by atoms with Crippen molar-refractivity contribution in [3.63, 3.8) is 0 Å². The topological polar surface area (TPSA) is 0 Å². The molecule has 4 rings (SSSR count). The molecule has 0 amide bonds. The van der Waals surface area contributed by atoms with E-state index in [2.05, 4.69) is 53.1 Å². The predicted octanol–water partition coefficient (Wildman–Crippen LogP) is 9.46. The average molecular weight is 443 g/mol. The van der Waals surface area contributed by atoms with E-state index in [0.717, 1.165) is 34.8 Å². The first-order valence-electron chi connectivity index (χ1n) is 13.4. The monoisotopic (exact) mass is 442 g/mol. The van der Waals surface area contributed by atoms with Crippen LogP contribution in [-0.4, -0.2) is 16.1 Å². The SMILES string of the molecule is CC1=C(CCC2=C(C)C([Si](C)(C)C)C3CCCCC23)C2CCCCC2C1[Si](C)(C)C. The van der Waals surface area contributed by atoms with Crippen LogP contribution in [-0.2, 0) is 0 Å². The second-order valence-electron chi connectivity index (χ2n) is 13.7.